The summed E-state index contributed by atoms with van der Waals surface area (Å²) in [5.74, 6) is -1.46. The van der Waals surface area contributed by atoms with E-state index in [2.05, 4.69) is 0 Å². The molecular weight excluding hydrogens is 292 g/mol. The van der Waals surface area contributed by atoms with Gasteiger partial charge in [-0.2, -0.15) is 4.39 Å². The molecule has 0 radical (unpaired) electrons. The van der Waals surface area contributed by atoms with Crippen molar-refractivity contribution in [3.8, 4) is 5.75 Å². The number of nitrogens with zero attached hydrogens (tertiary/aromatic N) is 1. The lowest BCUT2D eigenvalue weighted by Gasteiger charge is -2.07. The lowest BCUT2D eigenvalue weighted by atomic mass is 10.2. The van der Waals surface area contributed by atoms with Crippen LogP contribution >= 0.6 is 11.6 Å². The molecule has 0 heterocycles. The second-order valence-electron chi connectivity index (χ2n) is 3.91. The lowest BCUT2D eigenvalue weighted by Crippen LogP contribution is -1.98. The summed E-state index contributed by atoms with van der Waals surface area (Å²) in [6.45, 7) is -0.00859. The number of hydrogen-bond donors (Lipinski definition) is 0. The molecule has 2 aromatic carbocycles. The molecule has 4 nitrogen and oxygen atoms in total. The van der Waals surface area contributed by atoms with Gasteiger partial charge in [-0.1, -0.05) is 17.7 Å². The van der Waals surface area contributed by atoms with Crippen molar-refractivity contribution in [2.75, 3.05) is 0 Å². The minimum atomic E-state index is -0.991. The van der Waals surface area contributed by atoms with E-state index in [1.54, 1.807) is 6.07 Å². The van der Waals surface area contributed by atoms with Gasteiger partial charge in [0.25, 0.3) is 0 Å². The Bertz CT molecular complexity index is 664. The zero-order valence-corrected chi connectivity index (χ0v) is 10.7. The fraction of sp³-hybridized carbons (Fsp3) is 0.0769. The summed E-state index contributed by atoms with van der Waals surface area (Å²) in [5.41, 5.74) is -0.124. The molecule has 0 N–H and O–H groups in total. The first kappa shape index (κ1) is 14.2. The Morgan fingerprint density at radius 1 is 1.15 bits per heavy atom. The van der Waals surface area contributed by atoms with E-state index in [1.807, 2.05) is 0 Å². The summed E-state index contributed by atoms with van der Waals surface area (Å²) in [7, 11) is 0. The van der Waals surface area contributed by atoms with Crippen molar-refractivity contribution in [1.82, 2.24) is 0 Å². The zero-order valence-electron chi connectivity index (χ0n) is 9.98. The molecule has 104 valence electrons. The third-order valence-corrected chi connectivity index (χ3v) is 2.81. The molecule has 0 saturated carbocycles. The van der Waals surface area contributed by atoms with Gasteiger partial charge in [-0.3, -0.25) is 10.1 Å². The van der Waals surface area contributed by atoms with E-state index in [9.17, 15) is 18.9 Å². The molecule has 20 heavy (non-hydrogen) atoms. The van der Waals surface area contributed by atoms with Crippen LogP contribution in [0.2, 0.25) is 5.02 Å². The Balaban J connectivity index is 2.09. The fourth-order valence-corrected chi connectivity index (χ4v) is 1.64. The predicted molar refractivity (Wildman–Crippen MR) is 68.8 cm³/mol. The Hall–Kier alpha value is -2.21. The average Bonchev–Trinajstić information content (AvgIpc) is 2.40. The topological polar surface area (TPSA) is 52.4 Å². The van der Waals surface area contributed by atoms with E-state index in [1.165, 1.54) is 18.2 Å². The highest BCUT2D eigenvalue weighted by atomic mass is 35.5. The molecule has 0 aliphatic carbocycles. The van der Waals surface area contributed by atoms with Crippen LogP contribution in [0.15, 0.2) is 36.4 Å². The van der Waals surface area contributed by atoms with Crippen LogP contribution in [0.4, 0.5) is 14.5 Å². The monoisotopic (exact) mass is 299 g/mol. The van der Waals surface area contributed by atoms with Gasteiger partial charge < -0.3 is 4.74 Å². The fourth-order valence-electron chi connectivity index (χ4n) is 1.52. The SMILES string of the molecule is O=[N+]([O-])c1ccc(OCc2ccc(Cl)c(F)c2)cc1F. The maximum Gasteiger partial charge on any atom is 0.305 e. The van der Waals surface area contributed by atoms with Gasteiger partial charge >= 0.3 is 5.69 Å². The molecular formula is C13H8ClF2NO3. The molecule has 0 spiro atoms. The summed E-state index contributed by atoms with van der Waals surface area (Å²) < 4.78 is 31.8. The van der Waals surface area contributed by atoms with Crippen LogP contribution in [0.1, 0.15) is 5.56 Å². The maximum atomic E-state index is 13.3. The second-order valence-corrected chi connectivity index (χ2v) is 4.31. The van der Waals surface area contributed by atoms with Crippen LogP contribution in [0, 0.1) is 21.7 Å². The molecule has 2 aromatic rings. The minimum absolute atomic E-state index is 0.00451. The molecule has 0 aromatic heterocycles. The highest BCUT2D eigenvalue weighted by Gasteiger charge is 2.14. The molecule has 0 unspecified atom stereocenters. The number of benzene rings is 2. The van der Waals surface area contributed by atoms with Crippen molar-refractivity contribution in [2.24, 2.45) is 0 Å². The van der Waals surface area contributed by atoms with E-state index >= 15 is 0 Å². The first-order valence-corrected chi connectivity index (χ1v) is 5.86. The maximum absolute atomic E-state index is 13.3. The summed E-state index contributed by atoms with van der Waals surface area (Å²) in [6, 6.07) is 7.33. The van der Waals surface area contributed by atoms with Crippen LogP contribution in [-0.2, 0) is 6.61 Å². The van der Waals surface area contributed by atoms with E-state index in [0.717, 1.165) is 12.1 Å². The van der Waals surface area contributed by atoms with E-state index in [-0.39, 0.29) is 17.4 Å². The summed E-state index contributed by atoms with van der Waals surface area (Å²) in [6.07, 6.45) is 0. The first-order valence-electron chi connectivity index (χ1n) is 5.48. The number of hydrogen-bond acceptors (Lipinski definition) is 3. The second kappa shape index (κ2) is 5.83. The summed E-state index contributed by atoms with van der Waals surface area (Å²) in [5, 5.41) is 10.4. The smallest absolute Gasteiger partial charge is 0.305 e. The van der Waals surface area contributed by atoms with Crippen molar-refractivity contribution in [1.29, 1.82) is 0 Å². The minimum Gasteiger partial charge on any atom is -0.489 e. The van der Waals surface area contributed by atoms with Crippen LogP contribution < -0.4 is 4.74 Å². The normalized spacial score (nSPS) is 10.3. The number of halogens is 3. The van der Waals surface area contributed by atoms with Gasteiger partial charge in [0.2, 0.25) is 5.82 Å². The van der Waals surface area contributed by atoms with Gasteiger partial charge in [-0.25, -0.2) is 4.39 Å². The molecule has 7 heteroatoms. The highest BCUT2D eigenvalue weighted by Crippen LogP contribution is 2.23. The quantitative estimate of drug-likeness (QED) is 0.630. The van der Waals surface area contributed by atoms with Crippen LogP contribution in [0.25, 0.3) is 0 Å². The highest BCUT2D eigenvalue weighted by molar-refractivity contribution is 6.30. The van der Waals surface area contributed by atoms with Gasteiger partial charge in [-0.15, -0.1) is 0 Å². The third-order valence-electron chi connectivity index (χ3n) is 2.51. The van der Waals surface area contributed by atoms with Crippen LogP contribution in [0.3, 0.4) is 0 Å². The third kappa shape index (κ3) is 3.21. The van der Waals surface area contributed by atoms with Crippen molar-refractivity contribution in [2.45, 2.75) is 6.61 Å². The van der Waals surface area contributed by atoms with Crippen LogP contribution in [0.5, 0.6) is 5.75 Å². The Labute approximate surface area is 117 Å². The number of nitro groups is 1. The van der Waals surface area contributed by atoms with E-state index in [4.69, 9.17) is 16.3 Å². The Kier molecular flexibility index (Phi) is 4.14. The van der Waals surface area contributed by atoms with Crippen molar-refractivity contribution in [3.63, 3.8) is 0 Å². The number of ether oxygens (including phenoxy) is 1. The Morgan fingerprint density at radius 3 is 2.50 bits per heavy atom. The van der Waals surface area contributed by atoms with Crippen LogP contribution in [-0.4, -0.2) is 4.92 Å². The summed E-state index contributed by atoms with van der Waals surface area (Å²) >= 11 is 5.54. The first-order chi connectivity index (χ1) is 9.47. The van der Waals surface area contributed by atoms with Gasteiger partial charge in [0.1, 0.15) is 18.2 Å². The standard InChI is InChI=1S/C13H8ClF2NO3/c14-10-3-1-8(5-11(10)15)7-20-9-2-4-13(17(18)19)12(16)6-9/h1-6H,7H2. The molecule has 0 bridgehead atoms. The van der Waals surface area contributed by atoms with Gasteiger partial charge in [-0.05, 0) is 23.8 Å². The number of rotatable bonds is 4. The number of nitro benzene ring substituents is 1. The molecule has 0 fully saturated rings. The average molecular weight is 300 g/mol. The van der Waals surface area contributed by atoms with Crippen molar-refractivity contribution >= 4 is 17.3 Å². The molecule has 0 aliphatic rings. The molecule has 2 rings (SSSR count). The van der Waals surface area contributed by atoms with E-state index < -0.39 is 22.2 Å². The summed E-state index contributed by atoms with van der Waals surface area (Å²) in [4.78, 5) is 9.63. The predicted octanol–water partition coefficient (Wildman–Crippen LogP) is 4.11. The van der Waals surface area contributed by atoms with Crippen molar-refractivity contribution in [3.05, 3.63) is 68.7 Å². The van der Waals surface area contributed by atoms with Gasteiger partial charge in [0.15, 0.2) is 0 Å². The van der Waals surface area contributed by atoms with Crippen molar-refractivity contribution < 1.29 is 18.4 Å². The zero-order chi connectivity index (χ0) is 14.7. The van der Waals surface area contributed by atoms with Gasteiger partial charge in [0.05, 0.1) is 9.95 Å². The largest absolute Gasteiger partial charge is 0.489 e. The molecule has 0 aliphatic heterocycles. The Morgan fingerprint density at radius 2 is 1.90 bits per heavy atom. The molecule has 0 saturated heterocycles. The van der Waals surface area contributed by atoms with Gasteiger partial charge in [0, 0.05) is 12.1 Å². The lowest BCUT2D eigenvalue weighted by molar-refractivity contribution is -0.387. The molecule has 0 atom stereocenters. The molecule has 0 amide bonds. The van der Waals surface area contributed by atoms with E-state index in [0.29, 0.717) is 5.56 Å².